The van der Waals surface area contributed by atoms with E-state index < -0.39 is 0 Å². The van der Waals surface area contributed by atoms with E-state index in [0.717, 1.165) is 19.2 Å². The second-order valence-corrected chi connectivity index (χ2v) is 4.04. The largest absolute Gasteiger partial charge is 0.463 e. The van der Waals surface area contributed by atoms with Crippen molar-refractivity contribution < 1.29 is 4.74 Å². The highest BCUT2D eigenvalue weighted by Gasteiger charge is 2.39. The van der Waals surface area contributed by atoms with Crippen LogP contribution in [0.5, 0.6) is 0 Å². The summed E-state index contributed by atoms with van der Waals surface area (Å²) in [5, 5.41) is 3.33. The van der Waals surface area contributed by atoms with Crippen LogP contribution in [0.2, 0.25) is 0 Å². The van der Waals surface area contributed by atoms with Crippen LogP contribution in [0.3, 0.4) is 0 Å². The van der Waals surface area contributed by atoms with Crippen molar-refractivity contribution in [1.29, 1.82) is 0 Å². The second-order valence-electron chi connectivity index (χ2n) is 4.04. The fourth-order valence-electron chi connectivity index (χ4n) is 2.00. The first-order valence-electron chi connectivity index (χ1n) is 5.42. The smallest absolute Gasteiger partial charge is 0.285 e. The average Bonchev–Trinajstić information content (AvgIpc) is 2.84. The van der Waals surface area contributed by atoms with Crippen LogP contribution < -0.4 is 5.32 Å². The Balaban J connectivity index is 1.60. The summed E-state index contributed by atoms with van der Waals surface area (Å²) < 4.78 is 5.33. The van der Waals surface area contributed by atoms with Gasteiger partial charge in [0.25, 0.3) is 6.02 Å². The first-order chi connectivity index (χ1) is 7.43. The van der Waals surface area contributed by atoms with Crippen LogP contribution in [-0.4, -0.2) is 25.2 Å². The molecule has 1 heterocycles. The Hall–Kier alpha value is -1.51. The Bertz CT molecular complexity index is 374. The summed E-state index contributed by atoms with van der Waals surface area (Å²) >= 11 is 0. The molecule has 1 N–H and O–H groups in total. The van der Waals surface area contributed by atoms with Crippen LogP contribution in [0.15, 0.2) is 35.3 Å². The van der Waals surface area contributed by atoms with Crippen LogP contribution >= 0.6 is 0 Å². The molecule has 0 bridgehead atoms. The number of rotatable bonds is 2. The van der Waals surface area contributed by atoms with Crippen LogP contribution in [0.1, 0.15) is 17.9 Å². The predicted octanol–water partition coefficient (Wildman–Crippen LogP) is 1.52. The van der Waals surface area contributed by atoms with Crippen LogP contribution in [-0.2, 0) is 4.74 Å². The van der Waals surface area contributed by atoms with Gasteiger partial charge in [-0.15, -0.1) is 0 Å². The zero-order valence-corrected chi connectivity index (χ0v) is 8.52. The fourth-order valence-corrected chi connectivity index (χ4v) is 2.00. The van der Waals surface area contributed by atoms with E-state index >= 15 is 0 Å². The molecule has 1 saturated carbocycles. The lowest BCUT2D eigenvalue weighted by Gasteiger charge is -2.04. The summed E-state index contributed by atoms with van der Waals surface area (Å²) in [7, 11) is 0. The van der Waals surface area contributed by atoms with Crippen molar-refractivity contribution in [2.24, 2.45) is 4.99 Å². The zero-order valence-electron chi connectivity index (χ0n) is 8.52. The van der Waals surface area contributed by atoms with Gasteiger partial charge >= 0.3 is 0 Å². The van der Waals surface area contributed by atoms with Crippen molar-refractivity contribution in [3.63, 3.8) is 0 Å². The molecule has 1 fully saturated rings. The second kappa shape index (κ2) is 3.57. The van der Waals surface area contributed by atoms with Gasteiger partial charge in [-0.2, -0.15) is 0 Å². The van der Waals surface area contributed by atoms with E-state index in [0.29, 0.717) is 12.0 Å². The number of amidine groups is 1. The van der Waals surface area contributed by atoms with Gasteiger partial charge in [0, 0.05) is 12.0 Å². The number of nitrogens with one attached hydrogen (secondary N) is 1. The summed E-state index contributed by atoms with van der Waals surface area (Å²) in [6.07, 6.45) is 1.19. The van der Waals surface area contributed by atoms with E-state index in [1.807, 2.05) is 0 Å². The van der Waals surface area contributed by atoms with Crippen LogP contribution in [0.25, 0.3) is 0 Å². The Kier molecular flexibility index (Phi) is 2.09. The Morgan fingerprint density at radius 3 is 2.87 bits per heavy atom. The molecule has 3 rings (SSSR count). The van der Waals surface area contributed by atoms with Gasteiger partial charge in [-0.3, -0.25) is 0 Å². The van der Waals surface area contributed by atoms with E-state index in [1.54, 1.807) is 0 Å². The Labute approximate surface area is 89.2 Å². The molecule has 1 aliphatic carbocycles. The normalized spacial score (nSPS) is 28.1. The van der Waals surface area contributed by atoms with Crippen molar-refractivity contribution >= 4 is 6.02 Å². The molecule has 0 radical (unpaired) electrons. The number of hydrogen-bond acceptors (Lipinski definition) is 3. The maximum absolute atomic E-state index is 5.33. The lowest BCUT2D eigenvalue weighted by molar-refractivity contribution is 0.331. The van der Waals surface area contributed by atoms with Gasteiger partial charge in [-0.05, 0) is 12.0 Å². The standard InChI is InChI=1S/C12H14N2O/c1-2-4-9(5-3-1)10-8-11(10)14-12-13-6-7-15-12/h1-5,10-11H,6-8H2,(H,13,14). The van der Waals surface area contributed by atoms with E-state index in [-0.39, 0.29) is 0 Å². The maximum Gasteiger partial charge on any atom is 0.285 e. The van der Waals surface area contributed by atoms with Crippen molar-refractivity contribution in [1.82, 2.24) is 5.32 Å². The molecule has 1 aliphatic heterocycles. The summed E-state index contributed by atoms with van der Waals surface area (Å²) in [6.45, 7) is 1.52. The van der Waals surface area contributed by atoms with Gasteiger partial charge in [0.1, 0.15) is 6.61 Å². The van der Waals surface area contributed by atoms with Crippen molar-refractivity contribution in [2.45, 2.75) is 18.4 Å². The number of ether oxygens (including phenoxy) is 1. The van der Waals surface area contributed by atoms with Gasteiger partial charge in [0.15, 0.2) is 0 Å². The first-order valence-corrected chi connectivity index (χ1v) is 5.42. The Morgan fingerprint density at radius 1 is 1.27 bits per heavy atom. The van der Waals surface area contributed by atoms with Crippen molar-refractivity contribution in [3.8, 4) is 0 Å². The minimum Gasteiger partial charge on any atom is -0.463 e. The predicted molar refractivity (Wildman–Crippen MR) is 59.0 cm³/mol. The van der Waals surface area contributed by atoms with E-state index in [2.05, 4.69) is 40.6 Å². The molecular weight excluding hydrogens is 188 g/mol. The molecule has 78 valence electrons. The number of hydrogen-bond donors (Lipinski definition) is 1. The molecule has 1 aromatic carbocycles. The first kappa shape index (κ1) is 8.77. The van der Waals surface area contributed by atoms with Gasteiger partial charge in [-0.25, -0.2) is 4.99 Å². The Morgan fingerprint density at radius 2 is 2.13 bits per heavy atom. The molecule has 2 aliphatic rings. The SMILES string of the molecule is c1ccc(C2CC2NC2=NCCO2)cc1. The molecule has 0 spiro atoms. The fraction of sp³-hybridized carbons (Fsp3) is 0.417. The number of benzene rings is 1. The lowest BCUT2D eigenvalue weighted by Crippen LogP contribution is -2.26. The molecule has 1 aromatic rings. The minimum atomic E-state index is 0.518. The minimum absolute atomic E-state index is 0.518. The van der Waals surface area contributed by atoms with E-state index in [9.17, 15) is 0 Å². The van der Waals surface area contributed by atoms with Gasteiger partial charge in [-0.1, -0.05) is 30.3 Å². The summed E-state index contributed by atoms with van der Waals surface area (Å²) in [4.78, 5) is 4.23. The topological polar surface area (TPSA) is 33.6 Å². The summed E-state index contributed by atoms with van der Waals surface area (Å²) in [5.74, 6) is 0.637. The van der Waals surface area contributed by atoms with E-state index in [1.165, 1.54) is 12.0 Å². The summed E-state index contributed by atoms with van der Waals surface area (Å²) in [6, 6.07) is 11.9. The third-order valence-electron chi connectivity index (χ3n) is 2.91. The third kappa shape index (κ3) is 1.82. The van der Waals surface area contributed by atoms with Crippen molar-refractivity contribution in [3.05, 3.63) is 35.9 Å². The van der Waals surface area contributed by atoms with Crippen LogP contribution in [0.4, 0.5) is 0 Å². The highest BCUT2D eigenvalue weighted by atomic mass is 16.5. The molecule has 2 atom stereocenters. The molecule has 3 nitrogen and oxygen atoms in total. The molecule has 3 heteroatoms. The molecular formula is C12H14N2O. The molecule has 15 heavy (non-hydrogen) atoms. The lowest BCUT2D eigenvalue weighted by atomic mass is 10.1. The third-order valence-corrected chi connectivity index (χ3v) is 2.91. The zero-order chi connectivity index (χ0) is 10.1. The molecule has 2 unspecified atom stereocenters. The number of aliphatic imine (C=N–C) groups is 1. The highest BCUT2D eigenvalue weighted by molar-refractivity contribution is 5.75. The summed E-state index contributed by atoms with van der Waals surface area (Å²) in [5.41, 5.74) is 1.41. The molecule has 0 amide bonds. The monoisotopic (exact) mass is 202 g/mol. The van der Waals surface area contributed by atoms with Crippen LogP contribution in [0, 0.1) is 0 Å². The highest BCUT2D eigenvalue weighted by Crippen LogP contribution is 2.40. The number of nitrogens with zero attached hydrogens (tertiary/aromatic N) is 1. The quantitative estimate of drug-likeness (QED) is 0.788. The maximum atomic E-state index is 5.33. The van der Waals surface area contributed by atoms with Gasteiger partial charge in [0.05, 0.1) is 6.54 Å². The van der Waals surface area contributed by atoms with E-state index in [4.69, 9.17) is 4.74 Å². The van der Waals surface area contributed by atoms with Gasteiger partial charge in [0.2, 0.25) is 0 Å². The average molecular weight is 202 g/mol. The van der Waals surface area contributed by atoms with Crippen molar-refractivity contribution in [2.75, 3.05) is 13.2 Å². The molecule has 0 saturated heterocycles. The van der Waals surface area contributed by atoms with Gasteiger partial charge < -0.3 is 10.1 Å². The molecule has 0 aromatic heterocycles.